The average molecular weight is 255 g/mol. The Morgan fingerprint density at radius 2 is 1.67 bits per heavy atom. The molecule has 1 aliphatic rings. The van der Waals surface area contributed by atoms with Gasteiger partial charge < -0.3 is 16.4 Å². The molecular formula is C13H25N3O2. The summed E-state index contributed by atoms with van der Waals surface area (Å²) in [6.45, 7) is 3.79. The molecule has 18 heavy (non-hydrogen) atoms. The normalized spacial score (nSPS) is 19.1. The van der Waals surface area contributed by atoms with E-state index in [-0.39, 0.29) is 17.9 Å². The average Bonchev–Trinajstić information content (AvgIpc) is 2.53. The van der Waals surface area contributed by atoms with E-state index >= 15 is 0 Å². The highest BCUT2D eigenvalue weighted by Crippen LogP contribution is 2.17. The van der Waals surface area contributed by atoms with Crippen LogP contribution in [0.3, 0.4) is 0 Å². The van der Waals surface area contributed by atoms with Crippen molar-refractivity contribution in [1.82, 2.24) is 10.6 Å². The van der Waals surface area contributed by atoms with Crippen molar-refractivity contribution in [3.05, 3.63) is 0 Å². The molecule has 1 aliphatic carbocycles. The smallest absolute Gasteiger partial charge is 0.312 e. The van der Waals surface area contributed by atoms with Gasteiger partial charge in [0.05, 0.1) is 0 Å². The summed E-state index contributed by atoms with van der Waals surface area (Å²) in [4.78, 5) is 23.0. The number of nitrogens with one attached hydrogen (secondary N) is 2. The van der Waals surface area contributed by atoms with Crippen molar-refractivity contribution in [1.29, 1.82) is 0 Å². The minimum atomic E-state index is -0.648. The van der Waals surface area contributed by atoms with Crippen LogP contribution in [0.15, 0.2) is 0 Å². The molecule has 0 aromatic carbocycles. The Morgan fingerprint density at radius 3 is 2.11 bits per heavy atom. The molecule has 1 atom stereocenters. The van der Waals surface area contributed by atoms with Crippen LogP contribution in [0, 0.1) is 5.92 Å². The highest BCUT2D eigenvalue weighted by molar-refractivity contribution is 5.86. The molecule has 3 amide bonds. The van der Waals surface area contributed by atoms with Gasteiger partial charge in [-0.2, -0.15) is 0 Å². The van der Waals surface area contributed by atoms with Gasteiger partial charge in [-0.05, 0) is 18.8 Å². The van der Waals surface area contributed by atoms with E-state index in [1.807, 2.05) is 13.8 Å². The maximum Gasteiger partial charge on any atom is 0.312 e. The predicted octanol–water partition coefficient (Wildman–Crippen LogP) is 1.52. The second-order valence-electron chi connectivity index (χ2n) is 5.43. The topological polar surface area (TPSA) is 84.2 Å². The molecule has 0 aliphatic heterocycles. The summed E-state index contributed by atoms with van der Waals surface area (Å²) in [6.07, 6.45) is 6.90. The molecule has 1 fully saturated rings. The van der Waals surface area contributed by atoms with Gasteiger partial charge in [0.1, 0.15) is 6.04 Å². The second-order valence-corrected chi connectivity index (χ2v) is 5.43. The minimum Gasteiger partial charge on any atom is -0.352 e. The van der Waals surface area contributed by atoms with Crippen molar-refractivity contribution >= 4 is 11.9 Å². The number of carbonyl (C=O) groups is 2. The van der Waals surface area contributed by atoms with Crippen LogP contribution >= 0.6 is 0 Å². The van der Waals surface area contributed by atoms with E-state index in [9.17, 15) is 9.59 Å². The summed E-state index contributed by atoms with van der Waals surface area (Å²) >= 11 is 0. The Hall–Kier alpha value is -1.26. The number of primary amides is 1. The van der Waals surface area contributed by atoms with Gasteiger partial charge in [0.25, 0.3) is 0 Å². The van der Waals surface area contributed by atoms with Gasteiger partial charge in [-0.25, -0.2) is 4.79 Å². The zero-order valence-electron chi connectivity index (χ0n) is 11.4. The largest absolute Gasteiger partial charge is 0.352 e. The SMILES string of the molecule is CC(C)C(NC(N)=O)C(=O)NC1CCCCCC1. The van der Waals surface area contributed by atoms with Crippen LogP contribution in [0.1, 0.15) is 52.4 Å². The number of hydrogen-bond acceptors (Lipinski definition) is 2. The zero-order chi connectivity index (χ0) is 13.5. The molecule has 5 heteroatoms. The third-order valence-electron chi connectivity index (χ3n) is 3.45. The second kappa shape index (κ2) is 7.24. The van der Waals surface area contributed by atoms with Crippen LogP contribution in [-0.2, 0) is 4.79 Å². The fourth-order valence-electron chi connectivity index (χ4n) is 2.40. The number of rotatable bonds is 4. The summed E-state index contributed by atoms with van der Waals surface area (Å²) in [5.41, 5.74) is 5.10. The van der Waals surface area contributed by atoms with Gasteiger partial charge in [-0.1, -0.05) is 39.5 Å². The number of urea groups is 1. The Morgan fingerprint density at radius 1 is 1.11 bits per heavy atom. The maximum absolute atomic E-state index is 12.1. The number of nitrogens with two attached hydrogens (primary N) is 1. The van der Waals surface area contributed by atoms with E-state index < -0.39 is 12.1 Å². The first-order valence-electron chi connectivity index (χ1n) is 6.87. The highest BCUT2D eigenvalue weighted by Gasteiger charge is 2.25. The van der Waals surface area contributed by atoms with Gasteiger partial charge in [-0.3, -0.25) is 4.79 Å². The summed E-state index contributed by atoms with van der Waals surface area (Å²) < 4.78 is 0. The van der Waals surface area contributed by atoms with Crippen molar-refractivity contribution in [3.63, 3.8) is 0 Å². The molecule has 0 heterocycles. The maximum atomic E-state index is 12.1. The van der Waals surface area contributed by atoms with E-state index in [2.05, 4.69) is 10.6 Å². The standard InChI is InChI=1S/C13H25N3O2/c1-9(2)11(16-13(14)18)12(17)15-10-7-5-3-4-6-8-10/h9-11H,3-8H2,1-2H3,(H,15,17)(H3,14,16,18). The van der Waals surface area contributed by atoms with Gasteiger partial charge in [0.15, 0.2) is 0 Å². The number of carbonyl (C=O) groups excluding carboxylic acids is 2. The molecule has 1 rings (SSSR count). The lowest BCUT2D eigenvalue weighted by Gasteiger charge is -2.24. The van der Waals surface area contributed by atoms with E-state index in [4.69, 9.17) is 5.73 Å². The Labute approximate surface area is 109 Å². The van der Waals surface area contributed by atoms with Crippen molar-refractivity contribution in [2.24, 2.45) is 11.7 Å². The third kappa shape index (κ3) is 4.94. The zero-order valence-corrected chi connectivity index (χ0v) is 11.4. The summed E-state index contributed by atoms with van der Waals surface area (Å²) in [7, 11) is 0. The van der Waals surface area contributed by atoms with Crippen LogP contribution in [0.25, 0.3) is 0 Å². The molecule has 1 unspecified atom stereocenters. The Kier molecular flexibility index (Phi) is 5.95. The molecule has 0 aromatic heterocycles. The van der Waals surface area contributed by atoms with Gasteiger partial charge in [0, 0.05) is 6.04 Å². The van der Waals surface area contributed by atoms with E-state index in [1.165, 1.54) is 25.7 Å². The Bertz CT molecular complexity index is 284. The Balaban J connectivity index is 2.51. The number of hydrogen-bond donors (Lipinski definition) is 3. The van der Waals surface area contributed by atoms with Crippen LogP contribution in [0.2, 0.25) is 0 Å². The lowest BCUT2D eigenvalue weighted by atomic mass is 10.0. The lowest BCUT2D eigenvalue weighted by molar-refractivity contribution is -0.124. The predicted molar refractivity (Wildman–Crippen MR) is 71.0 cm³/mol. The monoisotopic (exact) mass is 255 g/mol. The number of amides is 3. The molecule has 0 saturated heterocycles. The highest BCUT2D eigenvalue weighted by atomic mass is 16.2. The molecule has 0 spiro atoms. The van der Waals surface area contributed by atoms with Crippen LogP contribution in [0.5, 0.6) is 0 Å². The van der Waals surface area contributed by atoms with Gasteiger partial charge >= 0.3 is 6.03 Å². The van der Waals surface area contributed by atoms with Crippen LogP contribution in [0.4, 0.5) is 4.79 Å². The quantitative estimate of drug-likeness (QED) is 0.665. The van der Waals surface area contributed by atoms with E-state index in [0.29, 0.717) is 0 Å². The first-order chi connectivity index (χ1) is 8.50. The van der Waals surface area contributed by atoms with Crippen molar-refractivity contribution in [2.75, 3.05) is 0 Å². The van der Waals surface area contributed by atoms with Crippen molar-refractivity contribution in [3.8, 4) is 0 Å². The minimum absolute atomic E-state index is 0.0308. The molecule has 0 bridgehead atoms. The summed E-state index contributed by atoms with van der Waals surface area (Å²) in [5.74, 6) is -0.0843. The molecular weight excluding hydrogens is 230 g/mol. The molecule has 0 aromatic rings. The summed E-state index contributed by atoms with van der Waals surface area (Å²) in [5, 5.41) is 5.55. The van der Waals surface area contributed by atoms with Crippen LogP contribution < -0.4 is 16.4 Å². The fourth-order valence-corrected chi connectivity index (χ4v) is 2.40. The van der Waals surface area contributed by atoms with Crippen molar-refractivity contribution < 1.29 is 9.59 Å². The fraction of sp³-hybridized carbons (Fsp3) is 0.846. The molecule has 5 nitrogen and oxygen atoms in total. The molecule has 104 valence electrons. The van der Waals surface area contributed by atoms with E-state index in [1.54, 1.807) is 0 Å². The van der Waals surface area contributed by atoms with Gasteiger partial charge in [-0.15, -0.1) is 0 Å². The first kappa shape index (κ1) is 14.8. The van der Waals surface area contributed by atoms with Crippen LogP contribution in [-0.4, -0.2) is 24.0 Å². The third-order valence-corrected chi connectivity index (χ3v) is 3.45. The summed E-state index contributed by atoms with van der Waals surface area (Å²) in [6, 6.07) is -0.939. The van der Waals surface area contributed by atoms with E-state index in [0.717, 1.165) is 12.8 Å². The first-order valence-corrected chi connectivity index (χ1v) is 6.87. The van der Waals surface area contributed by atoms with Crippen molar-refractivity contribution in [2.45, 2.75) is 64.5 Å². The molecule has 1 saturated carbocycles. The molecule has 0 radical (unpaired) electrons. The van der Waals surface area contributed by atoms with Gasteiger partial charge in [0.2, 0.25) is 5.91 Å². The molecule has 4 N–H and O–H groups in total. The lowest BCUT2D eigenvalue weighted by Crippen LogP contribution is -2.53.